The highest BCUT2D eigenvalue weighted by atomic mass is 32.2. The van der Waals surface area contributed by atoms with Crippen molar-refractivity contribution in [2.24, 2.45) is 5.92 Å². The maximum atomic E-state index is 14.4. The van der Waals surface area contributed by atoms with Crippen LogP contribution in [0.4, 0.5) is 0 Å². The average Bonchev–Trinajstić information content (AvgIpc) is 3.43. The minimum absolute atomic E-state index is 0.0528. The van der Waals surface area contributed by atoms with Gasteiger partial charge in [-0.1, -0.05) is 55.8 Å². The largest absolute Gasteiger partial charge is 0.494 e. The highest BCUT2D eigenvalue weighted by Gasteiger charge is 2.65. The van der Waals surface area contributed by atoms with Crippen molar-refractivity contribution in [2.75, 3.05) is 6.61 Å². The lowest BCUT2D eigenvalue weighted by Crippen LogP contribution is -2.72. The zero-order chi connectivity index (χ0) is 27.1. The molecule has 2 aromatic carbocycles. The number of β-lactam (4-membered cyclic amide) rings is 1. The molecule has 3 fully saturated rings. The molecule has 5 rings (SSSR count). The molecular formula is C30H36N2O5S. The number of nitrogens with one attached hydrogen (secondary N) is 1. The first-order valence-corrected chi connectivity index (χ1v) is 14.4. The Morgan fingerprint density at radius 2 is 1.92 bits per heavy atom. The number of amides is 2. The topological polar surface area (TPSA) is 95.9 Å². The van der Waals surface area contributed by atoms with Crippen molar-refractivity contribution < 1.29 is 24.2 Å². The molecule has 0 radical (unpaired) electrons. The smallest absolute Gasteiger partial charge is 0.327 e. The molecule has 202 valence electrons. The fraction of sp³-hybridized carbons (Fsp3) is 0.500. The summed E-state index contributed by atoms with van der Waals surface area (Å²) in [6.45, 7) is 6.35. The quantitative estimate of drug-likeness (QED) is 0.462. The van der Waals surface area contributed by atoms with Gasteiger partial charge in [0, 0.05) is 4.75 Å². The molecule has 0 bridgehead atoms. The number of carbonyl (C=O) groups excluding carboxylic acids is 2. The number of hydrogen-bond acceptors (Lipinski definition) is 5. The molecule has 2 saturated heterocycles. The molecule has 2 N–H and O–H groups in total. The van der Waals surface area contributed by atoms with Crippen LogP contribution in [0.1, 0.15) is 57.6 Å². The Kier molecular flexibility index (Phi) is 7.20. The Labute approximate surface area is 228 Å². The minimum atomic E-state index is -1.01. The van der Waals surface area contributed by atoms with Gasteiger partial charge < -0.3 is 20.1 Å². The van der Waals surface area contributed by atoms with Gasteiger partial charge in [-0.05, 0) is 68.7 Å². The third-order valence-corrected chi connectivity index (χ3v) is 9.91. The predicted octanol–water partition coefficient (Wildman–Crippen LogP) is 4.39. The Balaban J connectivity index is 1.47. The molecule has 3 aliphatic rings. The summed E-state index contributed by atoms with van der Waals surface area (Å²) in [6.07, 6.45) is 4.13. The molecule has 2 amide bonds. The Hall–Kier alpha value is -3.00. The molecule has 38 heavy (non-hydrogen) atoms. The molecule has 1 saturated carbocycles. The number of nitrogens with zero attached hydrogens (tertiary/aromatic N) is 1. The second-order valence-electron chi connectivity index (χ2n) is 11.2. The summed E-state index contributed by atoms with van der Waals surface area (Å²) in [4.78, 5) is 40.9. The van der Waals surface area contributed by atoms with E-state index in [-0.39, 0.29) is 23.1 Å². The van der Waals surface area contributed by atoms with E-state index in [9.17, 15) is 19.5 Å². The van der Waals surface area contributed by atoms with E-state index in [0.29, 0.717) is 13.0 Å². The Morgan fingerprint density at radius 1 is 1.16 bits per heavy atom. The number of ether oxygens (including phenoxy) is 1. The Bertz CT molecular complexity index is 1220. The van der Waals surface area contributed by atoms with E-state index < -0.39 is 28.2 Å². The summed E-state index contributed by atoms with van der Waals surface area (Å²) in [7, 11) is 0. The van der Waals surface area contributed by atoms with E-state index in [4.69, 9.17) is 4.74 Å². The summed E-state index contributed by atoms with van der Waals surface area (Å²) in [5.41, 5.74) is 1.28. The van der Waals surface area contributed by atoms with Crippen LogP contribution in [-0.2, 0) is 26.2 Å². The second-order valence-corrected chi connectivity index (χ2v) is 12.9. The number of carboxylic acids is 1. The van der Waals surface area contributed by atoms with Crippen molar-refractivity contribution in [1.82, 2.24) is 10.2 Å². The van der Waals surface area contributed by atoms with Crippen LogP contribution in [0.15, 0.2) is 54.6 Å². The van der Waals surface area contributed by atoms with Gasteiger partial charge in [-0.25, -0.2) is 4.79 Å². The summed E-state index contributed by atoms with van der Waals surface area (Å²) < 4.78 is 5.29. The van der Waals surface area contributed by atoms with Crippen LogP contribution in [0, 0.1) is 5.92 Å². The van der Waals surface area contributed by atoms with Crippen molar-refractivity contribution >= 4 is 29.5 Å². The number of aliphatic carboxylic acids is 1. The van der Waals surface area contributed by atoms with E-state index in [0.717, 1.165) is 37.0 Å². The van der Waals surface area contributed by atoms with Gasteiger partial charge in [0.25, 0.3) is 0 Å². The van der Waals surface area contributed by atoms with Gasteiger partial charge in [0.1, 0.15) is 23.2 Å². The van der Waals surface area contributed by atoms with Crippen molar-refractivity contribution in [2.45, 2.75) is 80.5 Å². The first-order valence-electron chi connectivity index (χ1n) is 13.5. The highest BCUT2D eigenvalue weighted by molar-refractivity contribution is 8.01. The van der Waals surface area contributed by atoms with Crippen LogP contribution in [0.3, 0.4) is 0 Å². The molecule has 0 aromatic heterocycles. The van der Waals surface area contributed by atoms with E-state index in [2.05, 4.69) is 24.4 Å². The Morgan fingerprint density at radius 3 is 2.63 bits per heavy atom. The van der Waals surface area contributed by atoms with E-state index in [1.807, 2.05) is 56.3 Å². The lowest BCUT2D eigenvalue weighted by atomic mass is 9.69. The minimum Gasteiger partial charge on any atom is -0.494 e. The maximum absolute atomic E-state index is 14.4. The number of rotatable bonds is 9. The summed E-state index contributed by atoms with van der Waals surface area (Å²) in [5, 5.41) is 12.5. The van der Waals surface area contributed by atoms with E-state index in [1.165, 1.54) is 22.2 Å². The van der Waals surface area contributed by atoms with Crippen LogP contribution < -0.4 is 10.1 Å². The zero-order valence-corrected chi connectivity index (χ0v) is 23.0. The molecule has 8 heteroatoms. The predicted molar refractivity (Wildman–Crippen MR) is 147 cm³/mol. The molecule has 2 heterocycles. The normalized spacial score (nSPS) is 29.4. The third-order valence-electron chi connectivity index (χ3n) is 8.33. The third kappa shape index (κ3) is 4.46. The monoisotopic (exact) mass is 536 g/mol. The SMILES string of the molecule is CCCOc1cccc([C@@]2(C(=O)N[C@@H]3C(=O)N4[C@@H]3SC(C)(C)[C@@H]4C(=O)O)CCC[C@H]2Cc2ccccc2)c1. The standard InChI is InChI=1S/C30H36N2O5S/c1-4-16-37-22-14-8-12-21(18-22)30(15-9-13-20(30)17-19-10-6-5-7-11-19)28(36)31-23-25(33)32-24(27(34)35)29(2,3)38-26(23)32/h5-8,10-12,14,18,20,23-24,26H,4,9,13,15-17H2,1-3H3,(H,31,36)(H,34,35)/t20-,23+,24-,26+,30+/m0/s1. The van der Waals surface area contributed by atoms with Gasteiger partial charge in [0.2, 0.25) is 11.8 Å². The molecule has 0 spiro atoms. The van der Waals surface area contributed by atoms with Crippen molar-refractivity contribution in [3.8, 4) is 5.75 Å². The highest BCUT2D eigenvalue weighted by Crippen LogP contribution is 2.52. The van der Waals surface area contributed by atoms with Crippen molar-refractivity contribution in [3.05, 3.63) is 65.7 Å². The summed E-state index contributed by atoms with van der Waals surface area (Å²) >= 11 is 1.45. The number of carbonyl (C=O) groups is 3. The van der Waals surface area contributed by atoms with E-state index in [1.54, 1.807) is 0 Å². The van der Waals surface area contributed by atoms with Crippen molar-refractivity contribution in [3.63, 3.8) is 0 Å². The molecule has 2 aliphatic heterocycles. The van der Waals surface area contributed by atoms with Gasteiger partial charge >= 0.3 is 5.97 Å². The molecule has 2 aromatic rings. The summed E-state index contributed by atoms with van der Waals surface area (Å²) in [5.74, 6) is -0.690. The second kappa shape index (κ2) is 10.3. The van der Waals surface area contributed by atoms with Gasteiger partial charge in [-0.3, -0.25) is 9.59 Å². The number of benzene rings is 2. The summed E-state index contributed by atoms with van der Waals surface area (Å²) in [6, 6.07) is 16.4. The number of carboxylic acid groups (broad SMARTS) is 1. The first kappa shape index (κ1) is 26.6. The fourth-order valence-electron chi connectivity index (χ4n) is 6.56. The molecular weight excluding hydrogens is 500 g/mol. The average molecular weight is 537 g/mol. The number of thioether (sulfide) groups is 1. The van der Waals surface area contributed by atoms with Crippen LogP contribution in [0.2, 0.25) is 0 Å². The van der Waals surface area contributed by atoms with Crippen LogP contribution in [0.5, 0.6) is 5.75 Å². The number of hydrogen-bond donors (Lipinski definition) is 2. The van der Waals surface area contributed by atoms with Crippen molar-refractivity contribution in [1.29, 1.82) is 0 Å². The maximum Gasteiger partial charge on any atom is 0.327 e. The molecule has 0 unspecified atom stereocenters. The van der Waals surface area contributed by atoms with Crippen LogP contribution in [-0.4, -0.2) is 56.6 Å². The molecule has 1 aliphatic carbocycles. The van der Waals surface area contributed by atoms with Gasteiger partial charge in [0.15, 0.2) is 0 Å². The molecule has 7 nitrogen and oxygen atoms in total. The van der Waals surface area contributed by atoms with Crippen LogP contribution in [0.25, 0.3) is 0 Å². The zero-order valence-electron chi connectivity index (χ0n) is 22.2. The van der Waals surface area contributed by atoms with E-state index >= 15 is 0 Å². The number of fused-ring (bicyclic) bond motifs is 1. The van der Waals surface area contributed by atoms with Gasteiger partial charge in [-0.15, -0.1) is 11.8 Å². The van der Waals surface area contributed by atoms with Crippen LogP contribution >= 0.6 is 11.8 Å². The van der Waals surface area contributed by atoms with Gasteiger partial charge in [0.05, 0.1) is 12.0 Å². The fourth-order valence-corrected chi connectivity index (χ4v) is 8.19. The molecule has 5 atom stereocenters. The first-order chi connectivity index (χ1) is 18.2. The van der Waals surface area contributed by atoms with Gasteiger partial charge in [-0.2, -0.15) is 0 Å². The lowest BCUT2D eigenvalue weighted by Gasteiger charge is -2.45. The lowest BCUT2D eigenvalue weighted by molar-refractivity contribution is -0.161.